The normalized spacial score (nSPS) is 11.8. The smallest absolute Gasteiger partial charge is 0.331 e. The van der Waals surface area contributed by atoms with Crippen LogP contribution in [0.25, 0.3) is 6.08 Å². The number of hydrogen-bond donors (Lipinski definition) is 0. The molecule has 0 saturated heterocycles. The van der Waals surface area contributed by atoms with Crippen molar-refractivity contribution in [3.05, 3.63) is 39.3 Å². The van der Waals surface area contributed by atoms with Crippen molar-refractivity contribution >= 4 is 39.6 Å². The fraction of sp³-hybridized carbons (Fsp3) is 0.308. The van der Waals surface area contributed by atoms with Crippen molar-refractivity contribution in [2.24, 2.45) is 0 Å². The molecule has 0 heterocycles. The number of ether oxygens (including phenoxy) is 1. The molecular formula is C13H14BrClO2. The van der Waals surface area contributed by atoms with Gasteiger partial charge in [-0.25, -0.2) is 4.79 Å². The van der Waals surface area contributed by atoms with E-state index < -0.39 is 5.60 Å². The summed E-state index contributed by atoms with van der Waals surface area (Å²) in [7, 11) is 0. The highest BCUT2D eigenvalue weighted by molar-refractivity contribution is 9.10. The predicted molar refractivity (Wildman–Crippen MR) is 74.0 cm³/mol. The zero-order valence-electron chi connectivity index (χ0n) is 9.96. The molecule has 1 aromatic rings. The summed E-state index contributed by atoms with van der Waals surface area (Å²) in [6, 6.07) is 5.46. The van der Waals surface area contributed by atoms with Crippen LogP contribution in [-0.2, 0) is 9.53 Å². The van der Waals surface area contributed by atoms with E-state index in [1.54, 1.807) is 12.1 Å². The lowest BCUT2D eigenvalue weighted by Crippen LogP contribution is -2.22. The third-order valence-electron chi connectivity index (χ3n) is 1.77. The first-order valence-electron chi connectivity index (χ1n) is 5.14. The van der Waals surface area contributed by atoms with Gasteiger partial charge in [0.15, 0.2) is 0 Å². The Morgan fingerprint density at radius 3 is 2.59 bits per heavy atom. The van der Waals surface area contributed by atoms with Crippen LogP contribution in [0.5, 0.6) is 0 Å². The van der Waals surface area contributed by atoms with Gasteiger partial charge >= 0.3 is 5.97 Å². The Morgan fingerprint density at radius 2 is 2.06 bits per heavy atom. The first-order valence-corrected chi connectivity index (χ1v) is 6.31. The Hall–Kier alpha value is -0.800. The minimum Gasteiger partial charge on any atom is -0.457 e. The van der Waals surface area contributed by atoms with Crippen molar-refractivity contribution in [3.63, 3.8) is 0 Å². The summed E-state index contributed by atoms with van der Waals surface area (Å²) in [5.74, 6) is -0.378. The summed E-state index contributed by atoms with van der Waals surface area (Å²) in [6.07, 6.45) is 3.02. The average Bonchev–Trinajstić information content (AvgIpc) is 2.13. The van der Waals surface area contributed by atoms with Crippen LogP contribution in [0.4, 0.5) is 0 Å². The van der Waals surface area contributed by atoms with Crippen molar-refractivity contribution < 1.29 is 9.53 Å². The van der Waals surface area contributed by atoms with Crippen molar-refractivity contribution in [3.8, 4) is 0 Å². The molecule has 0 atom stereocenters. The summed E-state index contributed by atoms with van der Waals surface area (Å²) in [5, 5.41) is 0.583. The van der Waals surface area contributed by atoms with E-state index in [0.717, 1.165) is 10.0 Å². The van der Waals surface area contributed by atoms with Gasteiger partial charge in [-0.3, -0.25) is 0 Å². The van der Waals surface area contributed by atoms with Crippen molar-refractivity contribution in [1.29, 1.82) is 0 Å². The third kappa shape index (κ3) is 5.37. The second-order valence-electron chi connectivity index (χ2n) is 4.53. The van der Waals surface area contributed by atoms with Crippen molar-refractivity contribution in [1.82, 2.24) is 0 Å². The zero-order valence-corrected chi connectivity index (χ0v) is 12.3. The number of hydrogen-bond acceptors (Lipinski definition) is 2. The second kappa shape index (κ2) is 5.69. The van der Waals surface area contributed by atoms with Crippen LogP contribution in [0.15, 0.2) is 28.7 Å². The Labute approximate surface area is 115 Å². The number of benzene rings is 1. The molecule has 0 aromatic heterocycles. The molecule has 0 aliphatic rings. The summed E-state index contributed by atoms with van der Waals surface area (Å²) in [6.45, 7) is 5.47. The zero-order chi connectivity index (χ0) is 13.1. The van der Waals surface area contributed by atoms with E-state index in [1.165, 1.54) is 6.08 Å². The number of halogens is 2. The Morgan fingerprint density at radius 1 is 1.41 bits per heavy atom. The Balaban J connectivity index is 2.74. The SMILES string of the molecule is CC(C)(C)OC(=O)/C=C/c1ccc(Br)cc1Cl. The maximum atomic E-state index is 11.4. The van der Waals surface area contributed by atoms with Gasteiger partial charge in [0.05, 0.1) is 0 Å². The topological polar surface area (TPSA) is 26.3 Å². The van der Waals surface area contributed by atoms with E-state index in [2.05, 4.69) is 15.9 Å². The van der Waals surface area contributed by atoms with Crippen LogP contribution in [-0.4, -0.2) is 11.6 Å². The maximum Gasteiger partial charge on any atom is 0.331 e. The molecule has 0 unspecified atom stereocenters. The van der Waals surface area contributed by atoms with Crippen molar-refractivity contribution in [2.45, 2.75) is 26.4 Å². The van der Waals surface area contributed by atoms with Gasteiger partial charge in [0, 0.05) is 15.6 Å². The summed E-state index contributed by atoms with van der Waals surface area (Å²) in [4.78, 5) is 11.4. The summed E-state index contributed by atoms with van der Waals surface area (Å²) in [5.41, 5.74) is 0.297. The van der Waals surface area contributed by atoms with Crippen LogP contribution in [0.2, 0.25) is 5.02 Å². The molecule has 0 spiro atoms. The van der Waals surface area contributed by atoms with E-state index in [1.807, 2.05) is 32.9 Å². The molecule has 0 fully saturated rings. The van der Waals surface area contributed by atoms with Gasteiger partial charge in [-0.2, -0.15) is 0 Å². The molecule has 0 radical (unpaired) electrons. The van der Waals surface area contributed by atoms with Crippen LogP contribution in [0, 0.1) is 0 Å². The minimum atomic E-state index is -0.481. The molecule has 0 aliphatic heterocycles. The van der Waals surface area contributed by atoms with E-state index in [9.17, 15) is 4.79 Å². The monoisotopic (exact) mass is 316 g/mol. The van der Waals surface area contributed by atoms with Crippen LogP contribution >= 0.6 is 27.5 Å². The van der Waals surface area contributed by atoms with Gasteiger partial charge < -0.3 is 4.74 Å². The molecule has 92 valence electrons. The Kier molecular flexibility index (Phi) is 4.78. The standard InChI is InChI=1S/C13H14BrClO2/c1-13(2,3)17-12(16)7-5-9-4-6-10(14)8-11(9)15/h4-8H,1-3H3/b7-5+. The molecule has 0 aliphatic carbocycles. The van der Waals surface area contributed by atoms with E-state index in [4.69, 9.17) is 16.3 Å². The molecular weight excluding hydrogens is 303 g/mol. The fourth-order valence-corrected chi connectivity index (χ4v) is 1.87. The molecule has 0 amide bonds. The first kappa shape index (κ1) is 14.3. The number of esters is 1. The predicted octanol–water partition coefficient (Wildman–Crippen LogP) is 4.46. The van der Waals surface area contributed by atoms with Gasteiger partial charge in [0.2, 0.25) is 0 Å². The third-order valence-corrected chi connectivity index (χ3v) is 2.59. The van der Waals surface area contributed by atoms with Gasteiger partial charge in [-0.1, -0.05) is 33.6 Å². The quantitative estimate of drug-likeness (QED) is 0.595. The van der Waals surface area contributed by atoms with E-state index in [-0.39, 0.29) is 5.97 Å². The molecule has 1 rings (SSSR count). The minimum absolute atomic E-state index is 0.378. The van der Waals surface area contributed by atoms with Crippen LogP contribution < -0.4 is 0 Å². The van der Waals surface area contributed by atoms with Gasteiger partial charge in [0.25, 0.3) is 0 Å². The Bertz CT molecular complexity index is 447. The van der Waals surface area contributed by atoms with Gasteiger partial charge in [-0.05, 0) is 44.5 Å². The largest absolute Gasteiger partial charge is 0.457 e. The first-order chi connectivity index (χ1) is 7.78. The van der Waals surface area contributed by atoms with Gasteiger partial charge in [0.1, 0.15) is 5.60 Å². The summed E-state index contributed by atoms with van der Waals surface area (Å²) >= 11 is 9.33. The lowest BCUT2D eigenvalue weighted by atomic mass is 10.2. The van der Waals surface area contributed by atoms with E-state index in [0.29, 0.717) is 5.02 Å². The van der Waals surface area contributed by atoms with Crippen LogP contribution in [0.3, 0.4) is 0 Å². The average molecular weight is 318 g/mol. The summed E-state index contributed by atoms with van der Waals surface area (Å²) < 4.78 is 6.04. The lowest BCUT2D eigenvalue weighted by Gasteiger charge is -2.17. The fourth-order valence-electron chi connectivity index (χ4n) is 1.13. The molecule has 17 heavy (non-hydrogen) atoms. The molecule has 0 N–H and O–H groups in total. The van der Waals surface area contributed by atoms with Crippen molar-refractivity contribution in [2.75, 3.05) is 0 Å². The molecule has 2 nitrogen and oxygen atoms in total. The second-order valence-corrected chi connectivity index (χ2v) is 5.86. The highest BCUT2D eigenvalue weighted by Gasteiger charge is 2.13. The number of carbonyl (C=O) groups is 1. The highest BCUT2D eigenvalue weighted by Crippen LogP contribution is 2.22. The molecule has 0 saturated carbocycles. The lowest BCUT2D eigenvalue weighted by molar-refractivity contribution is -0.148. The molecule has 1 aromatic carbocycles. The molecule has 0 bridgehead atoms. The van der Waals surface area contributed by atoms with Gasteiger partial charge in [-0.15, -0.1) is 0 Å². The molecule has 4 heteroatoms. The van der Waals surface area contributed by atoms with E-state index >= 15 is 0 Å². The highest BCUT2D eigenvalue weighted by atomic mass is 79.9. The maximum absolute atomic E-state index is 11.4. The van der Waals surface area contributed by atoms with Crippen LogP contribution in [0.1, 0.15) is 26.3 Å². The number of carbonyl (C=O) groups excluding carboxylic acids is 1. The number of rotatable bonds is 2.